The molecule has 1 amide bonds. The molecule has 0 aliphatic carbocycles. The van der Waals surface area contributed by atoms with Crippen molar-refractivity contribution in [2.75, 3.05) is 0 Å². The van der Waals surface area contributed by atoms with E-state index < -0.39 is 6.10 Å². The number of fused-ring (bicyclic) bond motifs is 1. The monoisotopic (exact) mass is 398 g/mol. The SMILES string of the molecule is C[C@@H](Oc1ccc2ccccc2c1)C(=O)N/N=C\c1cnn(Cc2ccccc2)c1. The number of aromatic nitrogens is 2. The first-order valence-electron chi connectivity index (χ1n) is 9.72. The van der Waals surface area contributed by atoms with Gasteiger partial charge < -0.3 is 4.74 Å². The third-order valence-corrected chi connectivity index (χ3v) is 4.63. The van der Waals surface area contributed by atoms with E-state index in [1.165, 1.54) is 0 Å². The van der Waals surface area contributed by atoms with Crippen LogP contribution in [-0.2, 0) is 11.3 Å². The predicted octanol–water partition coefficient (Wildman–Crippen LogP) is 4.00. The van der Waals surface area contributed by atoms with Crippen molar-refractivity contribution >= 4 is 22.9 Å². The number of nitrogens with zero attached hydrogens (tertiary/aromatic N) is 3. The first kappa shape index (κ1) is 19.4. The average molecular weight is 398 g/mol. The van der Waals surface area contributed by atoms with E-state index in [-0.39, 0.29) is 5.91 Å². The van der Waals surface area contributed by atoms with Gasteiger partial charge in [0.15, 0.2) is 6.10 Å². The number of benzene rings is 3. The second-order valence-corrected chi connectivity index (χ2v) is 6.96. The van der Waals surface area contributed by atoms with Crippen LogP contribution in [0, 0.1) is 0 Å². The van der Waals surface area contributed by atoms with E-state index in [0.717, 1.165) is 21.9 Å². The number of rotatable bonds is 7. The third-order valence-electron chi connectivity index (χ3n) is 4.63. The van der Waals surface area contributed by atoms with Crippen molar-refractivity contribution in [3.8, 4) is 5.75 Å². The Morgan fingerprint density at radius 1 is 1.10 bits per heavy atom. The van der Waals surface area contributed by atoms with Crippen LogP contribution in [0.15, 0.2) is 90.3 Å². The summed E-state index contributed by atoms with van der Waals surface area (Å²) in [6, 6.07) is 23.8. The summed E-state index contributed by atoms with van der Waals surface area (Å²) in [7, 11) is 0. The lowest BCUT2D eigenvalue weighted by Gasteiger charge is -2.13. The molecule has 1 heterocycles. The maximum atomic E-state index is 12.3. The molecule has 150 valence electrons. The number of ether oxygens (including phenoxy) is 1. The second-order valence-electron chi connectivity index (χ2n) is 6.96. The Kier molecular flexibility index (Phi) is 5.85. The zero-order chi connectivity index (χ0) is 20.8. The van der Waals surface area contributed by atoms with Gasteiger partial charge in [-0.1, -0.05) is 60.7 Å². The lowest BCUT2D eigenvalue weighted by atomic mass is 10.1. The van der Waals surface area contributed by atoms with Crippen molar-refractivity contribution in [1.29, 1.82) is 0 Å². The molecule has 6 nitrogen and oxygen atoms in total. The van der Waals surface area contributed by atoms with Crippen molar-refractivity contribution in [2.24, 2.45) is 5.10 Å². The molecule has 0 aliphatic heterocycles. The number of hydrazone groups is 1. The first-order chi connectivity index (χ1) is 14.7. The summed E-state index contributed by atoms with van der Waals surface area (Å²) < 4.78 is 7.58. The summed E-state index contributed by atoms with van der Waals surface area (Å²) in [6.45, 7) is 2.37. The van der Waals surface area contributed by atoms with Crippen LogP contribution in [-0.4, -0.2) is 28.0 Å². The van der Waals surface area contributed by atoms with Gasteiger partial charge in [-0.2, -0.15) is 10.2 Å². The normalized spacial score (nSPS) is 12.2. The van der Waals surface area contributed by atoms with Gasteiger partial charge in [0.05, 0.1) is 19.0 Å². The smallest absolute Gasteiger partial charge is 0.280 e. The van der Waals surface area contributed by atoms with E-state index in [1.807, 2.05) is 83.7 Å². The molecule has 30 heavy (non-hydrogen) atoms. The summed E-state index contributed by atoms with van der Waals surface area (Å²) >= 11 is 0. The van der Waals surface area contributed by atoms with Crippen LogP contribution in [0.4, 0.5) is 0 Å². The van der Waals surface area contributed by atoms with E-state index in [2.05, 4.69) is 15.6 Å². The average Bonchev–Trinajstić information content (AvgIpc) is 3.21. The summed E-state index contributed by atoms with van der Waals surface area (Å²) in [4.78, 5) is 12.3. The zero-order valence-electron chi connectivity index (χ0n) is 16.6. The van der Waals surface area contributed by atoms with E-state index in [1.54, 1.807) is 19.3 Å². The van der Waals surface area contributed by atoms with Gasteiger partial charge in [-0.25, -0.2) is 5.43 Å². The molecule has 6 heteroatoms. The fraction of sp³-hybridized carbons (Fsp3) is 0.125. The molecule has 1 atom stereocenters. The molecule has 0 saturated heterocycles. The van der Waals surface area contributed by atoms with Crippen molar-refractivity contribution in [3.63, 3.8) is 0 Å². The van der Waals surface area contributed by atoms with Crippen LogP contribution in [0.25, 0.3) is 10.8 Å². The zero-order valence-corrected chi connectivity index (χ0v) is 16.6. The highest BCUT2D eigenvalue weighted by Gasteiger charge is 2.14. The summed E-state index contributed by atoms with van der Waals surface area (Å²) in [6.07, 6.45) is 4.46. The molecule has 0 radical (unpaired) electrons. The Labute approximate surface area is 174 Å². The number of hydrogen-bond acceptors (Lipinski definition) is 4. The highest BCUT2D eigenvalue weighted by Crippen LogP contribution is 2.21. The highest BCUT2D eigenvalue weighted by atomic mass is 16.5. The minimum atomic E-state index is -0.677. The molecular weight excluding hydrogens is 376 g/mol. The molecule has 4 rings (SSSR count). The van der Waals surface area contributed by atoms with E-state index in [9.17, 15) is 4.79 Å². The van der Waals surface area contributed by atoms with Gasteiger partial charge in [0, 0.05) is 11.8 Å². The predicted molar refractivity (Wildman–Crippen MR) is 118 cm³/mol. The number of carbonyl (C=O) groups is 1. The molecule has 0 saturated carbocycles. The van der Waals surface area contributed by atoms with Gasteiger partial charge in [-0.05, 0) is 35.4 Å². The van der Waals surface area contributed by atoms with E-state index in [0.29, 0.717) is 12.3 Å². The maximum Gasteiger partial charge on any atom is 0.280 e. The number of nitrogens with one attached hydrogen (secondary N) is 1. The molecular formula is C24H22N4O2. The van der Waals surface area contributed by atoms with Crippen molar-refractivity contribution < 1.29 is 9.53 Å². The number of carbonyl (C=O) groups excluding carboxylic acids is 1. The molecule has 0 bridgehead atoms. The van der Waals surface area contributed by atoms with Crippen LogP contribution >= 0.6 is 0 Å². The molecule has 0 unspecified atom stereocenters. The minimum absolute atomic E-state index is 0.323. The number of hydrogen-bond donors (Lipinski definition) is 1. The lowest BCUT2D eigenvalue weighted by Crippen LogP contribution is -2.33. The minimum Gasteiger partial charge on any atom is -0.481 e. The quantitative estimate of drug-likeness (QED) is 0.378. The Morgan fingerprint density at radius 2 is 1.87 bits per heavy atom. The van der Waals surface area contributed by atoms with Crippen LogP contribution in [0.3, 0.4) is 0 Å². The van der Waals surface area contributed by atoms with Crippen molar-refractivity contribution in [3.05, 3.63) is 96.3 Å². The van der Waals surface area contributed by atoms with Crippen molar-refractivity contribution in [2.45, 2.75) is 19.6 Å². The molecule has 3 aromatic carbocycles. The molecule has 0 aliphatic rings. The number of amides is 1. The summed E-state index contributed by atoms with van der Waals surface area (Å²) in [5.74, 6) is 0.318. The van der Waals surface area contributed by atoms with Crippen LogP contribution in [0.5, 0.6) is 5.75 Å². The Balaban J connectivity index is 1.30. The van der Waals surface area contributed by atoms with Gasteiger partial charge in [0.1, 0.15) is 5.75 Å². The standard InChI is InChI=1S/C24H22N4O2/c1-18(30-23-12-11-21-9-5-6-10-22(21)13-23)24(29)27-25-14-20-15-26-28(17-20)16-19-7-3-2-4-8-19/h2-15,17-18H,16H2,1H3,(H,27,29)/b25-14-/t18-/m1/s1. The van der Waals surface area contributed by atoms with Gasteiger partial charge >= 0.3 is 0 Å². The van der Waals surface area contributed by atoms with Gasteiger partial charge in [-0.15, -0.1) is 0 Å². The summed E-state index contributed by atoms with van der Waals surface area (Å²) in [5, 5.41) is 10.5. The molecule has 0 fully saturated rings. The third kappa shape index (κ3) is 4.91. The van der Waals surface area contributed by atoms with Crippen LogP contribution in [0.1, 0.15) is 18.1 Å². The fourth-order valence-electron chi connectivity index (χ4n) is 3.06. The van der Waals surface area contributed by atoms with E-state index in [4.69, 9.17) is 4.74 Å². The van der Waals surface area contributed by atoms with E-state index >= 15 is 0 Å². The topological polar surface area (TPSA) is 68.5 Å². The maximum absolute atomic E-state index is 12.3. The van der Waals surface area contributed by atoms with Gasteiger partial charge in [0.2, 0.25) is 0 Å². The largest absolute Gasteiger partial charge is 0.481 e. The molecule has 1 N–H and O–H groups in total. The summed E-state index contributed by atoms with van der Waals surface area (Å²) in [5.41, 5.74) is 4.48. The lowest BCUT2D eigenvalue weighted by molar-refractivity contribution is -0.127. The van der Waals surface area contributed by atoms with Gasteiger partial charge in [0.25, 0.3) is 5.91 Å². The Bertz CT molecular complexity index is 1170. The molecule has 0 spiro atoms. The molecule has 1 aromatic heterocycles. The van der Waals surface area contributed by atoms with Crippen molar-refractivity contribution in [1.82, 2.24) is 15.2 Å². The molecule has 4 aromatic rings. The Hall–Kier alpha value is -3.93. The van der Waals surface area contributed by atoms with Crippen LogP contribution in [0.2, 0.25) is 0 Å². The Morgan fingerprint density at radius 3 is 2.70 bits per heavy atom. The first-order valence-corrected chi connectivity index (χ1v) is 9.72. The second kappa shape index (κ2) is 9.05. The fourth-order valence-corrected chi connectivity index (χ4v) is 3.06. The van der Waals surface area contributed by atoms with Crippen LogP contribution < -0.4 is 10.2 Å². The highest BCUT2D eigenvalue weighted by molar-refractivity contribution is 5.85. The van der Waals surface area contributed by atoms with Gasteiger partial charge in [-0.3, -0.25) is 9.48 Å².